The van der Waals surface area contributed by atoms with Crippen LogP contribution in [0.3, 0.4) is 0 Å². The van der Waals surface area contributed by atoms with E-state index in [-0.39, 0.29) is 26.9 Å². The third kappa shape index (κ3) is 4.29. The quantitative estimate of drug-likeness (QED) is 0.471. The lowest BCUT2D eigenvalue weighted by Gasteiger charge is -2.38. The first-order chi connectivity index (χ1) is 14.8. The van der Waals surface area contributed by atoms with Crippen LogP contribution < -0.4 is 10.5 Å². The SMILES string of the molecule is CC(C)(C)c1cc(C(c2ccc(Cl)cc2)(n2cc(Cl)cn2)C(F)(F)F)ccc1OC(N)=O. The highest BCUT2D eigenvalue weighted by Gasteiger charge is 2.60. The minimum absolute atomic E-state index is 0.0392. The number of aromatic nitrogens is 2. The molecule has 0 aliphatic carbocycles. The molecule has 1 unspecified atom stereocenters. The van der Waals surface area contributed by atoms with Gasteiger partial charge in [0, 0.05) is 16.8 Å². The minimum Gasteiger partial charge on any atom is -0.410 e. The average molecular weight is 486 g/mol. The smallest absolute Gasteiger partial charge is 0.410 e. The molecule has 2 N–H and O–H groups in total. The summed E-state index contributed by atoms with van der Waals surface area (Å²) >= 11 is 11.9. The number of benzene rings is 2. The highest BCUT2D eigenvalue weighted by Crippen LogP contribution is 2.49. The predicted octanol–water partition coefficient (Wildman–Crippen LogP) is 6.30. The molecule has 0 aliphatic rings. The van der Waals surface area contributed by atoms with Crippen molar-refractivity contribution in [1.29, 1.82) is 0 Å². The molecule has 0 radical (unpaired) electrons. The van der Waals surface area contributed by atoms with Crippen LogP contribution in [0, 0.1) is 0 Å². The van der Waals surface area contributed by atoms with Crippen LogP contribution in [0.15, 0.2) is 54.9 Å². The molecule has 0 bridgehead atoms. The summed E-state index contributed by atoms with van der Waals surface area (Å²) in [4.78, 5) is 11.3. The molecule has 5 nitrogen and oxygen atoms in total. The van der Waals surface area contributed by atoms with E-state index < -0.39 is 23.2 Å². The summed E-state index contributed by atoms with van der Waals surface area (Å²) in [5.41, 5.74) is 1.80. The summed E-state index contributed by atoms with van der Waals surface area (Å²) in [5, 5.41) is 4.24. The van der Waals surface area contributed by atoms with Crippen LogP contribution in [0.1, 0.15) is 37.5 Å². The van der Waals surface area contributed by atoms with E-state index in [0.29, 0.717) is 5.56 Å². The second-order valence-electron chi connectivity index (χ2n) is 8.20. The average Bonchev–Trinajstić information content (AvgIpc) is 3.08. The van der Waals surface area contributed by atoms with Crippen molar-refractivity contribution in [2.75, 3.05) is 0 Å². The molecule has 1 aromatic heterocycles. The molecule has 0 saturated carbocycles. The molecule has 3 aromatic rings. The number of nitrogens with two attached hydrogens (primary N) is 1. The predicted molar refractivity (Wildman–Crippen MR) is 116 cm³/mol. The van der Waals surface area contributed by atoms with Gasteiger partial charge < -0.3 is 10.5 Å². The van der Waals surface area contributed by atoms with E-state index in [1.54, 1.807) is 20.8 Å². The van der Waals surface area contributed by atoms with Crippen molar-refractivity contribution in [3.63, 3.8) is 0 Å². The van der Waals surface area contributed by atoms with Gasteiger partial charge in [0.05, 0.1) is 11.2 Å². The van der Waals surface area contributed by atoms with Crippen LogP contribution >= 0.6 is 23.2 Å². The largest absolute Gasteiger partial charge is 0.422 e. The first kappa shape index (κ1) is 23.9. The molecule has 32 heavy (non-hydrogen) atoms. The third-order valence-electron chi connectivity index (χ3n) is 4.98. The lowest BCUT2D eigenvalue weighted by Crippen LogP contribution is -2.50. The van der Waals surface area contributed by atoms with Crippen molar-refractivity contribution in [3.8, 4) is 5.75 Å². The van der Waals surface area contributed by atoms with E-state index >= 15 is 13.2 Å². The Balaban J connectivity index is 2.43. The molecule has 1 heterocycles. The standard InChI is InChI=1S/C22H20Cl2F3N3O2/c1-20(2,3)17-10-14(6-9-18(17)32-19(28)31)21(22(25,26)27,30-12-16(24)11-29-30)13-4-7-15(23)8-5-13/h4-12H,1-3H3,(H2,28,31). The molecule has 2 aromatic carbocycles. The van der Waals surface area contributed by atoms with Crippen molar-refractivity contribution in [3.05, 3.63) is 81.6 Å². The normalized spacial score (nSPS) is 14.1. The second kappa shape index (κ2) is 8.33. The van der Waals surface area contributed by atoms with Gasteiger partial charge in [-0.3, -0.25) is 0 Å². The first-order valence-corrected chi connectivity index (χ1v) is 10.2. The number of alkyl halides is 3. The first-order valence-electron chi connectivity index (χ1n) is 9.42. The number of rotatable bonds is 4. The Hall–Kier alpha value is -2.71. The van der Waals surface area contributed by atoms with E-state index in [1.165, 1.54) is 42.5 Å². The maximum absolute atomic E-state index is 15.0. The molecule has 0 saturated heterocycles. The number of amides is 1. The number of nitrogens with zero attached hydrogens (tertiary/aromatic N) is 2. The Bertz CT molecular complexity index is 1140. The Morgan fingerprint density at radius 1 is 1.00 bits per heavy atom. The highest BCUT2D eigenvalue weighted by atomic mass is 35.5. The fraction of sp³-hybridized carbons (Fsp3) is 0.273. The lowest BCUT2D eigenvalue weighted by atomic mass is 9.78. The van der Waals surface area contributed by atoms with E-state index in [2.05, 4.69) is 5.10 Å². The Morgan fingerprint density at radius 3 is 2.06 bits per heavy atom. The molecule has 1 amide bonds. The van der Waals surface area contributed by atoms with Crippen LogP contribution in [0.25, 0.3) is 0 Å². The molecule has 0 spiro atoms. The van der Waals surface area contributed by atoms with E-state index in [1.807, 2.05) is 0 Å². The van der Waals surface area contributed by atoms with E-state index in [9.17, 15) is 4.79 Å². The van der Waals surface area contributed by atoms with Crippen LogP contribution in [0.5, 0.6) is 5.75 Å². The summed E-state index contributed by atoms with van der Waals surface area (Å²) in [6, 6.07) is 9.19. The van der Waals surface area contributed by atoms with Gasteiger partial charge in [0.2, 0.25) is 5.54 Å². The fourth-order valence-electron chi connectivity index (χ4n) is 3.60. The van der Waals surface area contributed by atoms with Gasteiger partial charge >= 0.3 is 12.3 Å². The van der Waals surface area contributed by atoms with Crippen molar-refractivity contribution < 1.29 is 22.7 Å². The van der Waals surface area contributed by atoms with Gasteiger partial charge in [0.1, 0.15) is 5.75 Å². The van der Waals surface area contributed by atoms with Gasteiger partial charge in [-0.25, -0.2) is 9.48 Å². The van der Waals surface area contributed by atoms with Gasteiger partial charge in [0.25, 0.3) is 0 Å². The van der Waals surface area contributed by atoms with Crippen molar-refractivity contribution in [2.45, 2.75) is 37.9 Å². The molecule has 10 heteroatoms. The van der Waals surface area contributed by atoms with Crippen molar-refractivity contribution >= 4 is 29.3 Å². The topological polar surface area (TPSA) is 70.1 Å². The fourth-order valence-corrected chi connectivity index (χ4v) is 3.86. The number of carbonyl (C=O) groups excluding carboxylic acids is 1. The summed E-state index contributed by atoms with van der Waals surface area (Å²) in [7, 11) is 0. The second-order valence-corrected chi connectivity index (χ2v) is 9.07. The summed E-state index contributed by atoms with van der Waals surface area (Å²) in [6.07, 6.45) is -3.68. The van der Waals surface area contributed by atoms with Crippen LogP contribution in [-0.4, -0.2) is 22.1 Å². The molecular weight excluding hydrogens is 466 g/mol. The summed E-state index contributed by atoms with van der Waals surface area (Å²) < 4.78 is 50.9. The molecule has 0 aliphatic heterocycles. The van der Waals surface area contributed by atoms with Gasteiger partial charge in [-0.1, -0.05) is 62.2 Å². The lowest BCUT2D eigenvalue weighted by molar-refractivity contribution is -0.189. The molecule has 0 fully saturated rings. The molecular formula is C22H20Cl2F3N3O2. The van der Waals surface area contributed by atoms with Gasteiger partial charge in [0.15, 0.2) is 0 Å². The Labute approximate surface area is 192 Å². The molecule has 1 atom stereocenters. The van der Waals surface area contributed by atoms with E-state index in [0.717, 1.165) is 17.1 Å². The zero-order valence-electron chi connectivity index (χ0n) is 17.4. The number of primary amides is 1. The third-order valence-corrected chi connectivity index (χ3v) is 5.43. The Morgan fingerprint density at radius 2 is 1.59 bits per heavy atom. The van der Waals surface area contributed by atoms with Crippen LogP contribution in [0.4, 0.5) is 18.0 Å². The number of carbonyl (C=O) groups is 1. The van der Waals surface area contributed by atoms with Gasteiger partial charge in [-0.15, -0.1) is 0 Å². The van der Waals surface area contributed by atoms with Crippen LogP contribution in [0.2, 0.25) is 10.0 Å². The zero-order valence-corrected chi connectivity index (χ0v) is 18.9. The number of hydrogen-bond donors (Lipinski definition) is 1. The highest BCUT2D eigenvalue weighted by molar-refractivity contribution is 6.30. The van der Waals surface area contributed by atoms with Crippen molar-refractivity contribution in [1.82, 2.24) is 9.78 Å². The van der Waals surface area contributed by atoms with Gasteiger partial charge in [-0.05, 0) is 40.8 Å². The van der Waals surface area contributed by atoms with E-state index in [4.69, 9.17) is 33.7 Å². The number of hydrogen-bond acceptors (Lipinski definition) is 3. The Kier molecular flexibility index (Phi) is 6.23. The maximum Gasteiger partial charge on any atom is 0.422 e. The maximum atomic E-state index is 15.0. The van der Waals surface area contributed by atoms with Gasteiger partial charge in [-0.2, -0.15) is 18.3 Å². The number of halogens is 5. The van der Waals surface area contributed by atoms with Crippen LogP contribution in [-0.2, 0) is 11.0 Å². The summed E-state index contributed by atoms with van der Waals surface area (Å²) in [6.45, 7) is 5.34. The molecule has 170 valence electrons. The number of ether oxygens (including phenoxy) is 1. The monoisotopic (exact) mass is 485 g/mol. The van der Waals surface area contributed by atoms with Crippen molar-refractivity contribution in [2.24, 2.45) is 5.73 Å². The molecule has 3 rings (SSSR count). The summed E-state index contributed by atoms with van der Waals surface area (Å²) in [5.74, 6) is 0.0689. The minimum atomic E-state index is -4.85. The zero-order chi connectivity index (χ0) is 23.9.